The zero-order chi connectivity index (χ0) is 11.8. The zero-order valence-corrected chi connectivity index (χ0v) is 10.2. The summed E-state index contributed by atoms with van der Waals surface area (Å²) in [6.07, 6.45) is 3.14. The van der Waals surface area contributed by atoms with Gasteiger partial charge in [0, 0.05) is 31.7 Å². The van der Waals surface area contributed by atoms with E-state index in [1.807, 2.05) is 23.9 Å². The van der Waals surface area contributed by atoms with Crippen LogP contribution in [0.15, 0.2) is 12.3 Å². The molecule has 1 aliphatic rings. The summed E-state index contributed by atoms with van der Waals surface area (Å²) in [5.41, 5.74) is 0.199. The third-order valence-electron chi connectivity index (χ3n) is 3.34. The maximum atomic E-state index is 10.4. The lowest BCUT2D eigenvalue weighted by Gasteiger charge is -2.24. The van der Waals surface area contributed by atoms with Gasteiger partial charge in [-0.25, -0.2) is 0 Å². The first kappa shape index (κ1) is 11.6. The highest BCUT2D eigenvalue weighted by Gasteiger charge is 2.40. The number of aliphatic hydroxyl groups is 1. The van der Waals surface area contributed by atoms with Crippen LogP contribution in [0.4, 0.5) is 0 Å². The van der Waals surface area contributed by atoms with E-state index in [2.05, 4.69) is 18.9 Å². The van der Waals surface area contributed by atoms with Gasteiger partial charge in [0.1, 0.15) is 0 Å². The van der Waals surface area contributed by atoms with Crippen molar-refractivity contribution in [2.75, 3.05) is 6.61 Å². The van der Waals surface area contributed by atoms with Crippen molar-refractivity contribution >= 4 is 0 Å². The molecule has 1 aliphatic heterocycles. The topological polar surface area (TPSA) is 47.3 Å². The highest BCUT2D eigenvalue weighted by atomic mass is 16.5. The average molecular weight is 224 g/mol. The van der Waals surface area contributed by atoms with E-state index in [1.54, 1.807) is 0 Å². The molecule has 90 valence electrons. The van der Waals surface area contributed by atoms with Gasteiger partial charge in [-0.2, -0.15) is 5.10 Å². The van der Waals surface area contributed by atoms with E-state index in [4.69, 9.17) is 4.74 Å². The molecule has 2 unspecified atom stereocenters. The summed E-state index contributed by atoms with van der Waals surface area (Å²) in [7, 11) is 0. The van der Waals surface area contributed by atoms with Crippen LogP contribution in [0.3, 0.4) is 0 Å². The fraction of sp³-hybridized carbons (Fsp3) is 0.750. The van der Waals surface area contributed by atoms with Crippen LogP contribution in [0.1, 0.15) is 38.9 Å². The van der Waals surface area contributed by atoms with Crippen LogP contribution >= 0.6 is 0 Å². The normalized spacial score (nSPS) is 30.2. The Morgan fingerprint density at radius 3 is 2.94 bits per heavy atom. The van der Waals surface area contributed by atoms with Gasteiger partial charge in [0.15, 0.2) is 0 Å². The molecule has 0 aromatic carbocycles. The van der Waals surface area contributed by atoms with Gasteiger partial charge in [0.2, 0.25) is 0 Å². The van der Waals surface area contributed by atoms with E-state index in [0.717, 1.165) is 5.69 Å². The van der Waals surface area contributed by atoms with E-state index >= 15 is 0 Å². The third kappa shape index (κ3) is 2.13. The first-order valence-corrected chi connectivity index (χ1v) is 5.89. The lowest BCUT2D eigenvalue weighted by atomic mass is 9.91. The fourth-order valence-electron chi connectivity index (χ4n) is 2.08. The van der Waals surface area contributed by atoms with Crippen molar-refractivity contribution in [1.82, 2.24) is 9.78 Å². The van der Waals surface area contributed by atoms with Crippen molar-refractivity contribution in [3.05, 3.63) is 18.0 Å². The van der Waals surface area contributed by atoms with Gasteiger partial charge in [0.25, 0.3) is 0 Å². The lowest BCUT2D eigenvalue weighted by Crippen LogP contribution is -2.38. The third-order valence-corrected chi connectivity index (χ3v) is 3.34. The molecule has 2 atom stereocenters. The summed E-state index contributed by atoms with van der Waals surface area (Å²) in [5, 5.41) is 14.8. The molecule has 0 spiro atoms. The van der Waals surface area contributed by atoms with Crippen molar-refractivity contribution in [1.29, 1.82) is 0 Å². The summed E-state index contributed by atoms with van der Waals surface area (Å²) in [5.74, 6) is 0. The number of ether oxygens (including phenoxy) is 1. The minimum absolute atomic E-state index is 0.100. The summed E-state index contributed by atoms with van der Waals surface area (Å²) < 4.78 is 7.33. The molecular weight excluding hydrogens is 204 g/mol. The van der Waals surface area contributed by atoms with E-state index in [9.17, 15) is 5.11 Å². The fourth-order valence-corrected chi connectivity index (χ4v) is 2.08. The Balaban J connectivity index is 2.08. The molecule has 0 radical (unpaired) electrons. The Morgan fingerprint density at radius 1 is 1.69 bits per heavy atom. The van der Waals surface area contributed by atoms with Gasteiger partial charge in [-0.3, -0.25) is 4.68 Å². The van der Waals surface area contributed by atoms with Crippen LogP contribution in [0.25, 0.3) is 0 Å². The molecule has 1 N–H and O–H groups in total. The van der Waals surface area contributed by atoms with Gasteiger partial charge in [-0.15, -0.1) is 0 Å². The van der Waals surface area contributed by atoms with E-state index in [-0.39, 0.29) is 6.10 Å². The summed E-state index contributed by atoms with van der Waals surface area (Å²) in [6.45, 7) is 6.74. The predicted octanol–water partition coefficient (Wildman–Crippen LogP) is 1.55. The monoisotopic (exact) mass is 224 g/mol. The second kappa shape index (κ2) is 4.18. The van der Waals surface area contributed by atoms with Crippen LogP contribution < -0.4 is 0 Å². The molecule has 0 amide bonds. The lowest BCUT2D eigenvalue weighted by molar-refractivity contribution is -0.0275. The average Bonchev–Trinajstić information content (AvgIpc) is 2.76. The number of nitrogens with zero attached hydrogens (tertiary/aromatic N) is 2. The van der Waals surface area contributed by atoms with Crippen LogP contribution in [0.5, 0.6) is 0 Å². The van der Waals surface area contributed by atoms with Crippen molar-refractivity contribution < 1.29 is 9.84 Å². The van der Waals surface area contributed by atoms with Gasteiger partial charge in [0.05, 0.1) is 17.4 Å². The highest BCUT2D eigenvalue weighted by Crippen LogP contribution is 2.28. The molecule has 4 heteroatoms. The SMILES string of the molecule is CC(C)n1ccc(CC2(O)CCOC2C)n1. The molecule has 0 bridgehead atoms. The molecule has 16 heavy (non-hydrogen) atoms. The van der Waals surface area contributed by atoms with Crippen LogP contribution in [-0.2, 0) is 11.2 Å². The Kier molecular flexibility index (Phi) is 3.04. The molecule has 1 fully saturated rings. The molecule has 0 saturated carbocycles. The van der Waals surface area contributed by atoms with Crippen molar-refractivity contribution in [2.24, 2.45) is 0 Å². The van der Waals surface area contributed by atoms with Gasteiger partial charge in [-0.05, 0) is 26.8 Å². The van der Waals surface area contributed by atoms with E-state index in [0.29, 0.717) is 25.5 Å². The van der Waals surface area contributed by atoms with E-state index < -0.39 is 5.60 Å². The Hall–Kier alpha value is -0.870. The Bertz CT molecular complexity index is 362. The quantitative estimate of drug-likeness (QED) is 0.847. The summed E-state index contributed by atoms with van der Waals surface area (Å²) in [6, 6.07) is 2.34. The first-order chi connectivity index (χ1) is 7.51. The molecule has 0 aliphatic carbocycles. The van der Waals surface area contributed by atoms with Crippen molar-refractivity contribution in [3.8, 4) is 0 Å². The van der Waals surface area contributed by atoms with Gasteiger partial charge in [-0.1, -0.05) is 0 Å². The van der Waals surface area contributed by atoms with Crippen LogP contribution in [-0.4, -0.2) is 33.2 Å². The van der Waals surface area contributed by atoms with E-state index in [1.165, 1.54) is 0 Å². The summed E-state index contributed by atoms with van der Waals surface area (Å²) in [4.78, 5) is 0. The Labute approximate surface area is 96.2 Å². The number of aromatic nitrogens is 2. The van der Waals surface area contributed by atoms with Crippen LogP contribution in [0.2, 0.25) is 0 Å². The molecule has 2 rings (SSSR count). The number of rotatable bonds is 3. The second-order valence-electron chi connectivity index (χ2n) is 4.92. The minimum atomic E-state index is -0.740. The maximum Gasteiger partial charge on any atom is 0.0983 e. The predicted molar refractivity (Wildman–Crippen MR) is 61.3 cm³/mol. The highest BCUT2D eigenvalue weighted by molar-refractivity contribution is 5.07. The largest absolute Gasteiger partial charge is 0.387 e. The maximum absolute atomic E-state index is 10.4. The molecule has 1 aromatic heterocycles. The minimum Gasteiger partial charge on any atom is -0.387 e. The first-order valence-electron chi connectivity index (χ1n) is 5.89. The molecule has 1 saturated heterocycles. The summed E-state index contributed by atoms with van der Waals surface area (Å²) >= 11 is 0. The Morgan fingerprint density at radius 2 is 2.44 bits per heavy atom. The molecular formula is C12H20N2O2. The van der Waals surface area contributed by atoms with Crippen molar-refractivity contribution in [3.63, 3.8) is 0 Å². The second-order valence-corrected chi connectivity index (χ2v) is 4.92. The van der Waals surface area contributed by atoms with Crippen molar-refractivity contribution in [2.45, 2.75) is 51.4 Å². The van der Waals surface area contributed by atoms with Gasteiger partial charge >= 0.3 is 0 Å². The molecule has 4 nitrogen and oxygen atoms in total. The standard InChI is InChI=1S/C12H20N2O2/c1-9(2)14-6-4-11(13-14)8-12(15)5-7-16-10(12)3/h4,6,9-10,15H,5,7-8H2,1-3H3. The molecule has 2 heterocycles. The smallest absolute Gasteiger partial charge is 0.0983 e. The molecule has 1 aromatic rings. The van der Waals surface area contributed by atoms with Crippen LogP contribution in [0, 0.1) is 0 Å². The number of hydrogen-bond donors (Lipinski definition) is 1. The number of hydrogen-bond acceptors (Lipinski definition) is 3. The van der Waals surface area contributed by atoms with Gasteiger partial charge < -0.3 is 9.84 Å². The zero-order valence-electron chi connectivity index (χ0n) is 10.2.